The van der Waals surface area contributed by atoms with Crippen LogP contribution >= 0.6 is 11.6 Å². The monoisotopic (exact) mass is 267 g/mol. The predicted molar refractivity (Wildman–Crippen MR) is 70.5 cm³/mol. The van der Waals surface area contributed by atoms with Gasteiger partial charge in [-0.15, -0.1) is 0 Å². The Kier molecular flexibility index (Phi) is 3.59. The van der Waals surface area contributed by atoms with Crippen LogP contribution in [0, 0.1) is 6.92 Å². The zero-order valence-corrected chi connectivity index (χ0v) is 11.0. The first-order valence-corrected chi connectivity index (χ1v) is 5.94. The number of rotatable bonds is 4. The number of carboxylic acids is 1. The molecule has 4 nitrogen and oxygen atoms in total. The first-order valence-electron chi connectivity index (χ1n) is 5.56. The second-order valence-corrected chi connectivity index (χ2v) is 4.53. The lowest BCUT2D eigenvalue weighted by Gasteiger charge is -2.07. The lowest BCUT2D eigenvalue weighted by Crippen LogP contribution is -2.03. The van der Waals surface area contributed by atoms with Crippen LogP contribution in [-0.4, -0.2) is 29.4 Å². The molecule has 2 rings (SSSR count). The molecule has 0 saturated carbocycles. The Morgan fingerprint density at radius 1 is 1.50 bits per heavy atom. The van der Waals surface area contributed by atoms with Crippen LogP contribution in [0.1, 0.15) is 15.9 Å². The number of benzene rings is 1. The summed E-state index contributed by atoms with van der Waals surface area (Å²) in [7, 11) is 1.61. The number of hydrogen-bond acceptors (Lipinski definition) is 2. The summed E-state index contributed by atoms with van der Waals surface area (Å²) < 4.78 is 6.91. The van der Waals surface area contributed by atoms with Gasteiger partial charge in [-0.25, -0.2) is 4.79 Å². The standard InChI is InChI=1S/C13H14ClNO3/c1-8-3-4-10(14)11-9(13(16)17)7-15(12(8)11)5-6-18-2/h3-4,7H,5-6H2,1-2H3,(H,16,17). The average molecular weight is 268 g/mol. The summed E-state index contributed by atoms with van der Waals surface area (Å²) in [4.78, 5) is 11.3. The summed E-state index contributed by atoms with van der Waals surface area (Å²) in [5, 5.41) is 10.3. The fourth-order valence-electron chi connectivity index (χ4n) is 2.11. The highest BCUT2D eigenvalue weighted by molar-refractivity contribution is 6.36. The molecule has 1 aromatic carbocycles. The van der Waals surface area contributed by atoms with E-state index >= 15 is 0 Å². The van der Waals surface area contributed by atoms with Crippen LogP contribution in [0.15, 0.2) is 18.3 Å². The van der Waals surface area contributed by atoms with E-state index in [2.05, 4.69) is 0 Å². The van der Waals surface area contributed by atoms with Crippen LogP contribution in [-0.2, 0) is 11.3 Å². The highest BCUT2D eigenvalue weighted by atomic mass is 35.5. The van der Waals surface area contributed by atoms with E-state index in [0.29, 0.717) is 23.6 Å². The molecular weight excluding hydrogens is 254 g/mol. The fraction of sp³-hybridized carbons (Fsp3) is 0.308. The van der Waals surface area contributed by atoms with Crippen molar-refractivity contribution in [3.63, 3.8) is 0 Å². The van der Waals surface area contributed by atoms with E-state index in [0.717, 1.165) is 11.1 Å². The fourth-order valence-corrected chi connectivity index (χ4v) is 2.36. The minimum atomic E-state index is -0.969. The zero-order chi connectivity index (χ0) is 13.3. The third kappa shape index (κ3) is 2.09. The first kappa shape index (κ1) is 12.9. The molecule has 0 amide bonds. The van der Waals surface area contributed by atoms with E-state index in [1.54, 1.807) is 19.4 Å². The van der Waals surface area contributed by atoms with Crippen molar-refractivity contribution in [2.24, 2.45) is 0 Å². The number of carboxylic acid groups (broad SMARTS) is 1. The molecule has 1 heterocycles. The van der Waals surface area contributed by atoms with E-state index < -0.39 is 5.97 Å². The lowest BCUT2D eigenvalue weighted by molar-refractivity contribution is 0.0698. The van der Waals surface area contributed by atoms with E-state index in [1.807, 2.05) is 17.6 Å². The summed E-state index contributed by atoms with van der Waals surface area (Å²) in [5.41, 5.74) is 2.09. The summed E-state index contributed by atoms with van der Waals surface area (Å²) >= 11 is 6.12. The van der Waals surface area contributed by atoms with Gasteiger partial charge in [0.05, 0.1) is 22.7 Å². The van der Waals surface area contributed by atoms with Crippen molar-refractivity contribution in [3.8, 4) is 0 Å². The molecule has 5 heteroatoms. The number of aryl methyl sites for hydroxylation is 1. The van der Waals surface area contributed by atoms with Gasteiger partial charge >= 0.3 is 5.97 Å². The molecule has 0 aliphatic heterocycles. The normalized spacial score (nSPS) is 11.1. The molecular formula is C13H14ClNO3. The Balaban J connectivity index is 2.72. The van der Waals surface area contributed by atoms with Gasteiger partial charge in [0, 0.05) is 25.2 Å². The quantitative estimate of drug-likeness (QED) is 0.927. The van der Waals surface area contributed by atoms with E-state index in [-0.39, 0.29) is 5.56 Å². The number of aromatic nitrogens is 1. The average Bonchev–Trinajstić information content (AvgIpc) is 2.72. The number of carbonyl (C=O) groups is 1. The molecule has 0 saturated heterocycles. The number of nitrogens with zero attached hydrogens (tertiary/aromatic N) is 1. The van der Waals surface area contributed by atoms with Crippen molar-refractivity contribution in [1.82, 2.24) is 4.57 Å². The Labute approximate surface area is 110 Å². The summed E-state index contributed by atoms with van der Waals surface area (Å²) in [6.45, 7) is 3.06. The van der Waals surface area contributed by atoms with Gasteiger partial charge in [-0.3, -0.25) is 0 Å². The maximum absolute atomic E-state index is 11.3. The minimum absolute atomic E-state index is 0.231. The molecule has 1 N–H and O–H groups in total. The zero-order valence-electron chi connectivity index (χ0n) is 10.2. The smallest absolute Gasteiger partial charge is 0.337 e. The van der Waals surface area contributed by atoms with Crippen molar-refractivity contribution >= 4 is 28.5 Å². The van der Waals surface area contributed by atoms with Crippen LogP contribution < -0.4 is 0 Å². The highest BCUT2D eigenvalue weighted by Crippen LogP contribution is 2.31. The Morgan fingerprint density at radius 3 is 2.83 bits per heavy atom. The van der Waals surface area contributed by atoms with Crippen LogP contribution in [0.2, 0.25) is 5.02 Å². The molecule has 0 spiro atoms. The maximum Gasteiger partial charge on any atom is 0.337 e. The molecule has 0 aliphatic rings. The van der Waals surface area contributed by atoms with Gasteiger partial charge in [-0.1, -0.05) is 17.7 Å². The minimum Gasteiger partial charge on any atom is -0.478 e. The molecule has 18 heavy (non-hydrogen) atoms. The number of ether oxygens (including phenoxy) is 1. The number of hydrogen-bond donors (Lipinski definition) is 1. The highest BCUT2D eigenvalue weighted by Gasteiger charge is 2.18. The molecule has 0 atom stereocenters. The third-order valence-electron chi connectivity index (χ3n) is 2.94. The number of methoxy groups -OCH3 is 1. The van der Waals surface area contributed by atoms with Crippen LogP contribution in [0.4, 0.5) is 0 Å². The van der Waals surface area contributed by atoms with E-state index in [1.165, 1.54) is 0 Å². The van der Waals surface area contributed by atoms with Crippen LogP contribution in [0.3, 0.4) is 0 Å². The number of halogens is 1. The molecule has 96 valence electrons. The number of aromatic carboxylic acids is 1. The summed E-state index contributed by atoms with van der Waals surface area (Å²) in [5.74, 6) is -0.969. The predicted octanol–water partition coefficient (Wildman–Crippen LogP) is 2.95. The van der Waals surface area contributed by atoms with Gasteiger partial charge in [0.25, 0.3) is 0 Å². The molecule has 0 unspecified atom stereocenters. The SMILES string of the molecule is COCCn1cc(C(=O)O)c2c(Cl)ccc(C)c21. The third-order valence-corrected chi connectivity index (χ3v) is 3.25. The summed E-state index contributed by atoms with van der Waals surface area (Å²) in [6, 6.07) is 3.62. The van der Waals surface area contributed by atoms with Crippen LogP contribution in [0.25, 0.3) is 10.9 Å². The second kappa shape index (κ2) is 5.00. The van der Waals surface area contributed by atoms with Crippen molar-refractivity contribution in [2.75, 3.05) is 13.7 Å². The van der Waals surface area contributed by atoms with E-state index in [4.69, 9.17) is 16.3 Å². The maximum atomic E-state index is 11.3. The van der Waals surface area contributed by atoms with Gasteiger partial charge in [-0.2, -0.15) is 0 Å². The Bertz CT molecular complexity index is 604. The largest absolute Gasteiger partial charge is 0.478 e. The molecule has 1 aromatic heterocycles. The first-order chi connectivity index (χ1) is 8.56. The van der Waals surface area contributed by atoms with E-state index in [9.17, 15) is 9.90 Å². The lowest BCUT2D eigenvalue weighted by atomic mass is 10.1. The topological polar surface area (TPSA) is 51.5 Å². The van der Waals surface area contributed by atoms with Gasteiger partial charge in [-0.05, 0) is 18.6 Å². The van der Waals surface area contributed by atoms with Gasteiger partial charge < -0.3 is 14.4 Å². The molecule has 0 aliphatic carbocycles. The Morgan fingerprint density at radius 2 is 2.22 bits per heavy atom. The van der Waals surface area contributed by atoms with Crippen molar-refractivity contribution in [1.29, 1.82) is 0 Å². The van der Waals surface area contributed by atoms with Gasteiger partial charge in [0.1, 0.15) is 0 Å². The van der Waals surface area contributed by atoms with Crippen LogP contribution in [0.5, 0.6) is 0 Å². The van der Waals surface area contributed by atoms with Gasteiger partial charge in [0.2, 0.25) is 0 Å². The Hall–Kier alpha value is -1.52. The summed E-state index contributed by atoms with van der Waals surface area (Å²) in [6.07, 6.45) is 1.62. The molecule has 0 bridgehead atoms. The van der Waals surface area contributed by atoms with Gasteiger partial charge in [0.15, 0.2) is 0 Å². The molecule has 0 fully saturated rings. The molecule has 0 radical (unpaired) electrons. The number of fused-ring (bicyclic) bond motifs is 1. The molecule has 2 aromatic rings. The van der Waals surface area contributed by atoms with Crippen molar-refractivity contribution < 1.29 is 14.6 Å². The van der Waals surface area contributed by atoms with Crippen molar-refractivity contribution in [2.45, 2.75) is 13.5 Å². The second-order valence-electron chi connectivity index (χ2n) is 4.12. The van der Waals surface area contributed by atoms with Crippen molar-refractivity contribution in [3.05, 3.63) is 34.5 Å².